The first-order valence-electron chi connectivity index (χ1n) is 4.31. The Morgan fingerprint density at radius 2 is 2.31 bits per heavy atom. The van der Waals surface area contributed by atoms with Gasteiger partial charge in [-0.2, -0.15) is 0 Å². The minimum atomic E-state index is -1.21. The van der Waals surface area contributed by atoms with Crippen LogP contribution in [0.1, 0.15) is 6.42 Å². The van der Waals surface area contributed by atoms with Crippen molar-refractivity contribution in [3.63, 3.8) is 0 Å². The maximum Gasteiger partial charge on any atom is 0.326 e. The van der Waals surface area contributed by atoms with Crippen LogP contribution >= 0.6 is 11.3 Å². The second-order valence-electron chi connectivity index (χ2n) is 2.75. The summed E-state index contributed by atoms with van der Waals surface area (Å²) in [5, 5.41) is 29.1. The number of rotatable bonds is 5. The van der Waals surface area contributed by atoms with Crippen LogP contribution in [0, 0.1) is 0 Å². The van der Waals surface area contributed by atoms with Crippen molar-refractivity contribution in [3.8, 4) is 0 Å². The van der Waals surface area contributed by atoms with E-state index >= 15 is 0 Å². The molecule has 0 bridgehead atoms. The number of carbonyl (C=O) groups is 2. The molecule has 0 fully saturated rings. The molecule has 0 saturated carbocycles. The second-order valence-corrected chi connectivity index (χ2v) is 3.58. The molecule has 4 N–H and O–H groups in total. The van der Waals surface area contributed by atoms with E-state index in [0.29, 0.717) is 0 Å². The molecule has 0 aliphatic heterocycles. The number of aliphatic hydroxyl groups excluding tert-OH is 1. The molecule has 9 heteroatoms. The first kappa shape index (κ1) is 12.3. The number of carboxylic acid groups (broad SMARTS) is 1. The van der Waals surface area contributed by atoms with Crippen LogP contribution in [0.4, 0.5) is 9.93 Å². The van der Waals surface area contributed by atoms with E-state index in [-0.39, 0.29) is 18.2 Å². The number of hydrogen-bond donors (Lipinski definition) is 4. The van der Waals surface area contributed by atoms with Crippen molar-refractivity contribution in [2.45, 2.75) is 12.5 Å². The van der Waals surface area contributed by atoms with Crippen LogP contribution in [-0.2, 0) is 4.79 Å². The Kier molecular flexibility index (Phi) is 4.61. The molecule has 88 valence electrons. The summed E-state index contributed by atoms with van der Waals surface area (Å²) in [6.07, 6.45) is -0.0567. The van der Waals surface area contributed by atoms with E-state index in [1.165, 1.54) is 5.51 Å². The summed E-state index contributed by atoms with van der Waals surface area (Å²) < 4.78 is 0. The topological polar surface area (TPSA) is 124 Å². The van der Waals surface area contributed by atoms with E-state index in [0.717, 1.165) is 11.3 Å². The number of urea groups is 1. The standard InChI is InChI=1S/C7H10N4O4S/c12-2-1-4(5(13)14)9-6(15)10-7-11-8-3-16-7/h3-4,12H,1-2H2,(H,13,14)(H2,9,10,11,15)/t4-/m0/s1. The van der Waals surface area contributed by atoms with Crippen LogP contribution in [0.3, 0.4) is 0 Å². The largest absolute Gasteiger partial charge is 0.480 e. The molecule has 8 nitrogen and oxygen atoms in total. The third-order valence-corrected chi connectivity index (χ3v) is 2.21. The minimum absolute atomic E-state index is 0.0567. The average Bonchev–Trinajstić information content (AvgIpc) is 2.69. The van der Waals surface area contributed by atoms with E-state index in [1.54, 1.807) is 0 Å². The summed E-state index contributed by atoms with van der Waals surface area (Å²) in [4.78, 5) is 21.9. The highest BCUT2D eigenvalue weighted by Crippen LogP contribution is 2.07. The van der Waals surface area contributed by atoms with E-state index in [1.807, 2.05) is 0 Å². The Morgan fingerprint density at radius 3 is 2.81 bits per heavy atom. The number of carboxylic acids is 1. The summed E-state index contributed by atoms with van der Waals surface area (Å²) in [5.74, 6) is -1.21. The van der Waals surface area contributed by atoms with Crippen LogP contribution in [0.5, 0.6) is 0 Å². The molecule has 0 saturated heterocycles. The van der Waals surface area contributed by atoms with Gasteiger partial charge in [0, 0.05) is 13.0 Å². The average molecular weight is 246 g/mol. The zero-order chi connectivity index (χ0) is 12.0. The molecule has 0 aliphatic carbocycles. The molecule has 1 rings (SSSR count). The maximum atomic E-state index is 11.3. The van der Waals surface area contributed by atoms with Crippen LogP contribution in [0.2, 0.25) is 0 Å². The van der Waals surface area contributed by atoms with E-state index in [9.17, 15) is 9.59 Å². The zero-order valence-corrected chi connectivity index (χ0v) is 8.90. The maximum absolute atomic E-state index is 11.3. The molecule has 1 atom stereocenters. The first-order valence-corrected chi connectivity index (χ1v) is 5.18. The normalized spacial score (nSPS) is 11.8. The van der Waals surface area contributed by atoms with Gasteiger partial charge < -0.3 is 15.5 Å². The number of aliphatic carboxylic acids is 1. The highest BCUT2D eigenvalue weighted by molar-refractivity contribution is 7.13. The monoisotopic (exact) mass is 246 g/mol. The van der Waals surface area contributed by atoms with Crippen LogP contribution < -0.4 is 10.6 Å². The molecular weight excluding hydrogens is 236 g/mol. The summed E-state index contributed by atoms with van der Waals surface area (Å²) >= 11 is 1.11. The quantitative estimate of drug-likeness (QED) is 0.555. The highest BCUT2D eigenvalue weighted by Gasteiger charge is 2.19. The molecule has 16 heavy (non-hydrogen) atoms. The van der Waals surface area contributed by atoms with Gasteiger partial charge in [0.25, 0.3) is 0 Å². The molecule has 2 amide bonds. The number of carbonyl (C=O) groups excluding carboxylic acids is 1. The van der Waals surface area contributed by atoms with Crippen LogP contribution in [0.15, 0.2) is 5.51 Å². The molecule has 0 aromatic carbocycles. The Balaban J connectivity index is 2.45. The van der Waals surface area contributed by atoms with Crippen molar-refractivity contribution in [2.75, 3.05) is 11.9 Å². The number of nitrogens with one attached hydrogen (secondary N) is 2. The Hall–Kier alpha value is -1.74. The minimum Gasteiger partial charge on any atom is -0.480 e. The van der Waals surface area contributed by atoms with Crippen molar-refractivity contribution >= 4 is 28.5 Å². The fourth-order valence-electron chi connectivity index (χ4n) is 0.905. The fourth-order valence-corrected chi connectivity index (χ4v) is 1.35. The lowest BCUT2D eigenvalue weighted by molar-refractivity contribution is -0.139. The Bertz CT molecular complexity index is 355. The number of aromatic nitrogens is 2. The molecule has 1 aromatic rings. The number of hydrogen-bond acceptors (Lipinski definition) is 6. The lowest BCUT2D eigenvalue weighted by Gasteiger charge is -2.12. The van der Waals surface area contributed by atoms with Crippen LogP contribution in [-0.4, -0.2) is 45.1 Å². The summed E-state index contributed by atoms with van der Waals surface area (Å²) in [6.45, 7) is -0.323. The molecule has 0 aliphatic rings. The van der Waals surface area contributed by atoms with E-state index < -0.39 is 18.0 Å². The summed E-state index contributed by atoms with van der Waals surface area (Å²) in [7, 11) is 0. The van der Waals surface area contributed by atoms with Gasteiger partial charge >= 0.3 is 12.0 Å². The van der Waals surface area contributed by atoms with Gasteiger partial charge in [0.05, 0.1) is 0 Å². The Labute approximate surface area is 94.3 Å². The van der Waals surface area contributed by atoms with Gasteiger partial charge in [-0.1, -0.05) is 11.3 Å². The van der Waals surface area contributed by atoms with Gasteiger partial charge in [0.1, 0.15) is 11.6 Å². The highest BCUT2D eigenvalue weighted by atomic mass is 32.1. The van der Waals surface area contributed by atoms with Crippen molar-refractivity contribution in [1.29, 1.82) is 0 Å². The van der Waals surface area contributed by atoms with E-state index in [2.05, 4.69) is 20.8 Å². The SMILES string of the molecule is O=C(Nc1nncs1)N[C@@H](CCO)C(=O)O. The number of aliphatic hydroxyl groups is 1. The predicted molar refractivity (Wildman–Crippen MR) is 55.2 cm³/mol. The van der Waals surface area contributed by atoms with E-state index in [4.69, 9.17) is 10.2 Å². The Morgan fingerprint density at radius 1 is 1.56 bits per heavy atom. The molecule has 0 radical (unpaired) electrons. The molecule has 1 heterocycles. The third-order valence-electron chi connectivity index (χ3n) is 1.60. The zero-order valence-electron chi connectivity index (χ0n) is 8.08. The molecule has 1 aromatic heterocycles. The molecular formula is C7H10N4O4S. The van der Waals surface area contributed by atoms with Crippen molar-refractivity contribution in [3.05, 3.63) is 5.51 Å². The number of nitrogens with zero attached hydrogens (tertiary/aromatic N) is 2. The van der Waals surface area contributed by atoms with Crippen LogP contribution in [0.25, 0.3) is 0 Å². The lowest BCUT2D eigenvalue weighted by Crippen LogP contribution is -2.43. The van der Waals surface area contributed by atoms with Gasteiger partial charge in [0.2, 0.25) is 5.13 Å². The first-order chi connectivity index (χ1) is 7.63. The third kappa shape index (κ3) is 3.79. The van der Waals surface area contributed by atoms with Gasteiger partial charge in [-0.3, -0.25) is 5.32 Å². The second kappa shape index (κ2) is 5.98. The molecule has 0 spiro atoms. The smallest absolute Gasteiger partial charge is 0.326 e. The van der Waals surface area contributed by atoms with Gasteiger partial charge in [-0.25, -0.2) is 9.59 Å². The lowest BCUT2D eigenvalue weighted by atomic mass is 10.2. The fraction of sp³-hybridized carbons (Fsp3) is 0.429. The van der Waals surface area contributed by atoms with Crippen molar-refractivity contribution in [1.82, 2.24) is 15.5 Å². The summed E-state index contributed by atoms with van der Waals surface area (Å²) in [6, 6.07) is -1.82. The van der Waals surface area contributed by atoms with Crippen molar-refractivity contribution in [2.24, 2.45) is 0 Å². The molecule has 0 unspecified atom stereocenters. The van der Waals surface area contributed by atoms with Gasteiger partial charge in [-0.05, 0) is 0 Å². The van der Waals surface area contributed by atoms with Gasteiger partial charge in [-0.15, -0.1) is 10.2 Å². The number of anilines is 1. The van der Waals surface area contributed by atoms with Crippen molar-refractivity contribution < 1.29 is 19.8 Å². The summed E-state index contributed by atoms with van der Waals surface area (Å²) in [5.41, 5.74) is 1.43. The number of amides is 2. The predicted octanol–water partition coefficient (Wildman–Crippen LogP) is -0.505. The van der Waals surface area contributed by atoms with Gasteiger partial charge in [0.15, 0.2) is 0 Å².